The minimum Gasteiger partial charge on any atom is -0.497 e. The molecule has 0 bridgehead atoms. The van der Waals surface area contributed by atoms with Crippen molar-refractivity contribution in [3.63, 3.8) is 0 Å². The third-order valence-electron chi connectivity index (χ3n) is 6.15. The highest BCUT2D eigenvalue weighted by atomic mass is 32.1. The van der Waals surface area contributed by atoms with Crippen LogP contribution in [0.2, 0.25) is 0 Å². The van der Waals surface area contributed by atoms with Crippen molar-refractivity contribution < 1.29 is 9.53 Å². The van der Waals surface area contributed by atoms with Gasteiger partial charge in [0.05, 0.1) is 18.5 Å². The highest BCUT2D eigenvalue weighted by molar-refractivity contribution is 7.13. The van der Waals surface area contributed by atoms with Crippen LogP contribution in [0.1, 0.15) is 11.1 Å². The Balaban J connectivity index is 1.27. The first kappa shape index (κ1) is 22.9. The summed E-state index contributed by atoms with van der Waals surface area (Å²) in [5, 5.41) is 6.88. The summed E-state index contributed by atoms with van der Waals surface area (Å²) in [6.07, 6.45) is 5.61. The van der Waals surface area contributed by atoms with E-state index >= 15 is 0 Å². The molecule has 0 aliphatic carbocycles. The second-order valence-electron chi connectivity index (χ2n) is 8.44. The van der Waals surface area contributed by atoms with E-state index in [-0.39, 0.29) is 5.91 Å². The summed E-state index contributed by atoms with van der Waals surface area (Å²) in [6.45, 7) is 3.65. The molecule has 178 valence electrons. The molecule has 1 aliphatic heterocycles. The predicted molar refractivity (Wildman–Crippen MR) is 142 cm³/mol. The molecule has 7 heteroatoms. The van der Waals surface area contributed by atoms with Gasteiger partial charge in [-0.25, -0.2) is 0 Å². The fourth-order valence-electron chi connectivity index (χ4n) is 4.27. The van der Waals surface area contributed by atoms with E-state index in [9.17, 15) is 4.79 Å². The van der Waals surface area contributed by atoms with Gasteiger partial charge < -0.3 is 14.5 Å². The maximum atomic E-state index is 13.0. The van der Waals surface area contributed by atoms with Crippen LogP contribution in [-0.2, 0) is 11.3 Å². The van der Waals surface area contributed by atoms with Gasteiger partial charge in [0.15, 0.2) is 0 Å². The normalized spacial score (nSPS) is 14.0. The van der Waals surface area contributed by atoms with E-state index in [0.29, 0.717) is 19.6 Å². The fourth-order valence-corrected chi connectivity index (χ4v) is 5.00. The van der Waals surface area contributed by atoms with Crippen LogP contribution in [0.15, 0.2) is 84.4 Å². The molecule has 0 radical (unpaired) electrons. The number of nitrogens with zero attached hydrogens (tertiary/aromatic N) is 4. The number of benzene rings is 2. The van der Waals surface area contributed by atoms with E-state index in [1.165, 1.54) is 5.56 Å². The average Bonchev–Trinajstić information content (AvgIpc) is 3.58. The lowest BCUT2D eigenvalue weighted by Gasteiger charge is -2.35. The Kier molecular flexibility index (Phi) is 6.95. The van der Waals surface area contributed by atoms with Gasteiger partial charge in [0, 0.05) is 55.8 Å². The Hall–Kier alpha value is -3.84. The molecule has 0 N–H and O–H groups in total. The summed E-state index contributed by atoms with van der Waals surface area (Å²) in [5.74, 6) is 0.876. The van der Waals surface area contributed by atoms with Crippen molar-refractivity contribution in [2.75, 3.05) is 38.2 Å². The zero-order valence-corrected chi connectivity index (χ0v) is 20.5. The summed E-state index contributed by atoms with van der Waals surface area (Å²) in [7, 11) is 1.68. The van der Waals surface area contributed by atoms with Gasteiger partial charge in [0.25, 0.3) is 0 Å². The first-order chi connectivity index (χ1) is 17.2. The van der Waals surface area contributed by atoms with Gasteiger partial charge in [0.1, 0.15) is 11.4 Å². The van der Waals surface area contributed by atoms with Gasteiger partial charge in [-0.05, 0) is 35.2 Å². The molecule has 3 heterocycles. The fraction of sp³-hybridized carbons (Fsp3) is 0.214. The van der Waals surface area contributed by atoms with Gasteiger partial charge in [-0.15, -0.1) is 11.3 Å². The number of aromatic nitrogens is 2. The van der Waals surface area contributed by atoms with E-state index in [4.69, 9.17) is 9.84 Å². The van der Waals surface area contributed by atoms with Gasteiger partial charge >= 0.3 is 0 Å². The maximum absolute atomic E-state index is 13.0. The standard InChI is InChI=1S/C28H28N4O2S/c1-34-25-10-5-9-24(19-25)30-14-16-31(17-15-30)27(33)13-12-23-21-32(20-22-7-3-2-4-8-22)29-28(23)26-11-6-18-35-26/h2-13,18-19,21H,14-17,20H2,1H3/b13-12+. The van der Waals surface area contributed by atoms with Gasteiger partial charge in [0.2, 0.25) is 5.91 Å². The molecule has 4 aromatic rings. The van der Waals surface area contributed by atoms with Crippen LogP contribution in [0.5, 0.6) is 5.75 Å². The molecule has 35 heavy (non-hydrogen) atoms. The lowest BCUT2D eigenvalue weighted by atomic mass is 10.2. The van der Waals surface area contributed by atoms with Crippen molar-refractivity contribution >= 4 is 29.0 Å². The molecule has 1 saturated heterocycles. The van der Waals surface area contributed by atoms with Gasteiger partial charge in [-0.3, -0.25) is 9.48 Å². The maximum Gasteiger partial charge on any atom is 0.246 e. The second-order valence-corrected chi connectivity index (χ2v) is 9.39. The number of ether oxygens (including phenoxy) is 1. The van der Waals surface area contributed by atoms with Crippen molar-refractivity contribution in [2.24, 2.45) is 0 Å². The van der Waals surface area contributed by atoms with Crippen molar-refractivity contribution in [1.29, 1.82) is 0 Å². The molecule has 1 fully saturated rings. The number of rotatable bonds is 7. The summed E-state index contributed by atoms with van der Waals surface area (Å²) in [5.41, 5.74) is 4.17. The van der Waals surface area contributed by atoms with E-state index in [1.54, 1.807) is 24.5 Å². The summed E-state index contributed by atoms with van der Waals surface area (Å²) < 4.78 is 7.29. The Morgan fingerprint density at radius 1 is 1.03 bits per heavy atom. The number of methoxy groups -OCH3 is 1. The lowest BCUT2D eigenvalue weighted by molar-refractivity contribution is -0.126. The number of carbonyl (C=O) groups is 1. The van der Waals surface area contributed by atoms with E-state index < -0.39 is 0 Å². The first-order valence-corrected chi connectivity index (χ1v) is 12.6. The zero-order chi connectivity index (χ0) is 24.0. The van der Waals surface area contributed by atoms with Crippen molar-refractivity contribution in [2.45, 2.75) is 6.54 Å². The van der Waals surface area contributed by atoms with Crippen LogP contribution < -0.4 is 9.64 Å². The minimum atomic E-state index is 0.0308. The SMILES string of the molecule is COc1cccc(N2CCN(C(=O)/C=C/c3cn(Cc4ccccc4)nc3-c3cccs3)CC2)c1. The highest BCUT2D eigenvalue weighted by Gasteiger charge is 2.20. The van der Waals surface area contributed by atoms with E-state index in [2.05, 4.69) is 29.2 Å². The zero-order valence-electron chi connectivity index (χ0n) is 19.7. The molecule has 2 aromatic heterocycles. The van der Waals surface area contributed by atoms with Crippen LogP contribution in [0, 0.1) is 0 Å². The molecule has 1 aliphatic rings. The number of amides is 1. The minimum absolute atomic E-state index is 0.0308. The topological polar surface area (TPSA) is 50.6 Å². The van der Waals surface area contributed by atoms with Crippen LogP contribution in [-0.4, -0.2) is 53.9 Å². The van der Waals surface area contributed by atoms with Gasteiger partial charge in [-0.1, -0.05) is 42.5 Å². The number of hydrogen-bond donors (Lipinski definition) is 0. The van der Waals surface area contributed by atoms with Crippen LogP contribution in [0.4, 0.5) is 5.69 Å². The average molecular weight is 485 g/mol. The summed E-state index contributed by atoms with van der Waals surface area (Å²) >= 11 is 1.65. The third-order valence-corrected chi connectivity index (χ3v) is 7.02. The van der Waals surface area contributed by atoms with Crippen molar-refractivity contribution in [3.05, 3.63) is 95.5 Å². The number of carbonyl (C=O) groups excluding carboxylic acids is 1. The number of anilines is 1. The van der Waals surface area contributed by atoms with E-state index in [0.717, 1.165) is 40.7 Å². The lowest BCUT2D eigenvalue weighted by Crippen LogP contribution is -2.48. The van der Waals surface area contributed by atoms with Crippen LogP contribution >= 0.6 is 11.3 Å². The number of hydrogen-bond acceptors (Lipinski definition) is 5. The third kappa shape index (κ3) is 5.46. The second kappa shape index (κ2) is 10.6. The quantitative estimate of drug-likeness (QED) is 0.345. The monoisotopic (exact) mass is 484 g/mol. The summed E-state index contributed by atoms with van der Waals surface area (Å²) in [4.78, 5) is 18.3. The molecule has 0 unspecified atom stereocenters. The molecule has 0 spiro atoms. The first-order valence-electron chi connectivity index (χ1n) is 11.7. The molecule has 1 amide bonds. The van der Waals surface area contributed by atoms with Crippen molar-refractivity contribution in [3.8, 4) is 16.3 Å². The molecule has 2 aromatic carbocycles. The van der Waals surface area contributed by atoms with Crippen molar-refractivity contribution in [1.82, 2.24) is 14.7 Å². The molecule has 5 rings (SSSR count). The van der Waals surface area contributed by atoms with Crippen LogP contribution in [0.3, 0.4) is 0 Å². The molecular weight excluding hydrogens is 456 g/mol. The van der Waals surface area contributed by atoms with Gasteiger partial charge in [-0.2, -0.15) is 5.10 Å². The Morgan fingerprint density at radius 2 is 1.86 bits per heavy atom. The Bertz CT molecular complexity index is 1290. The Morgan fingerprint density at radius 3 is 2.60 bits per heavy atom. The summed E-state index contributed by atoms with van der Waals surface area (Å²) in [6, 6.07) is 22.4. The molecular formula is C28H28N4O2S. The smallest absolute Gasteiger partial charge is 0.246 e. The molecule has 0 saturated carbocycles. The largest absolute Gasteiger partial charge is 0.497 e. The predicted octanol–water partition coefficient (Wildman–Crippen LogP) is 5.03. The Labute approximate surface area is 209 Å². The number of piperazine rings is 1. The van der Waals surface area contributed by atoms with Crippen LogP contribution in [0.25, 0.3) is 16.6 Å². The number of thiophene rings is 1. The molecule has 0 atom stereocenters. The molecule has 6 nitrogen and oxygen atoms in total. The highest BCUT2D eigenvalue weighted by Crippen LogP contribution is 2.28. The van der Waals surface area contributed by atoms with E-state index in [1.807, 2.05) is 69.7 Å².